The van der Waals surface area contributed by atoms with E-state index in [1.165, 1.54) is 0 Å². The maximum absolute atomic E-state index is 0. The maximum Gasteiger partial charge on any atom is 2.00 e. The zero-order valence-corrected chi connectivity index (χ0v) is 8.29. The van der Waals surface area contributed by atoms with E-state index >= 15 is 0 Å². The van der Waals surface area contributed by atoms with Crippen LogP contribution in [0.3, 0.4) is 0 Å². The van der Waals surface area contributed by atoms with Gasteiger partial charge in [0.15, 0.2) is 0 Å². The monoisotopic (exact) mass is 145 g/mol. The van der Waals surface area contributed by atoms with E-state index in [4.69, 9.17) is 0 Å². The fourth-order valence-electron chi connectivity index (χ4n) is 0. The molecule has 0 rings (SSSR count). The second kappa shape index (κ2) is 62.4. The summed E-state index contributed by atoms with van der Waals surface area (Å²) in [4.78, 5) is 0. The molecule has 0 saturated heterocycles. The summed E-state index contributed by atoms with van der Waals surface area (Å²) in [6.45, 7) is 0. The van der Waals surface area contributed by atoms with Crippen molar-refractivity contribution >= 4 is 23.4 Å². The molecule has 0 saturated carbocycles. The molecule has 0 atom stereocenters. The van der Waals surface area contributed by atoms with Crippen molar-refractivity contribution < 1.29 is 21.7 Å². The van der Waals surface area contributed by atoms with Gasteiger partial charge in [-0.1, -0.05) is 0 Å². The Hall–Kier alpha value is 1.22. The van der Waals surface area contributed by atoms with E-state index in [0.717, 1.165) is 0 Å². The minimum Gasteiger partial charge on any atom is -0.358 e. The molecule has 1 radical (unpaired) electrons. The molecule has 0 nitrogen and oxygen atoms in total. The Labute approximate surface area is 60.0 Å². The molecule has 0 aliphatic carbocycles. The second-order valence-corrected chi connectivity index (χ2v) is 0. The average Bonchev–Trinajstić information content (AvgIpc) is 0. The number of hydrogen-bond acceptors (Lipinski definition) is 0. The summed E-state index contributed by atoms with van der Waals surface area (Å²) in [6, 6.07) is 0. The van der Waals surface area contributed by atoms with Gasteiger partial charge >= 0.3 is 21.7 Å². The van der Waals surface area contributed by atoms with Gasteiger partial charge in [-0.15, -0.1) is 12.4 Å². The Morgan fingerprint density at radius 2 is 0.800 bits per heavy atom. The molecule has 0 aromatic rings. The molecule has 0 aliphatic heterocycles. The van der Waals surface area contributed by atoms with Crippen molar-refractivity contribution in [1.29, 1.82) is 0 Å². The fraction of sp³-hybridized carbons (Fsp3) is 0. The van der Waals surface area contributed by atoms with Crippen molar-refractivity contribution in [2.75, 3.05) is 0 Å². The van der Waals surface area contributed by atoms with Gasteiger partial charge in [-0.05, 0) is 11.0 Å². The molecule has 0 unspecified atom stereocenters. The Kier molecular flexibility index (Phi) is 1420. The third-order valence-corrected chi connectivity index (χ3v) is 0. The van der Waals surface area contributed by atoms with Crippen LogP contribution in [0.25, 0.3) is 0 Å². The number of hydrogen-bond donors (Lipinski definition) is 0. The Balaban J connectivity index is 0. The van der Waals surface area contributed by atoms with Crippen molar-refractivity contribution in [1.82, 2.24) is 0 Å². The van der Waals surface area contributed by atoms with E-state index in [0.29, 0.717) is 0 Å². The summed E-state index contributed by atoms with van der Waals surface area (Å²) >= 11 is 0. The summed E-state index contributed by atoms with van der Waals surface area (Å²) in [5, 5.41) is 0. The summed E-state index contributed by atoms with van der Waals surface area (Å²) in [6.07, 6.45) is 0. The predicted molar refractivity (Wildman–Crippen MR) is 30.0 cm³/mol. The van der Waals surface area contributed by atoms with Gasteiger partial charge < -0.3 is 14.9 Å². The largest absolute Gasteiger partial charge is 2.00 e. The van der Waals surface area contributed by atoms with Gasteiger partial charge in [0.25, 0.3) is 0 Å². The molecule has 0 aromatic heterocycles. The first kappa shape index (κ1) is 114. The zero-order valence-electron chi connectivity index (χ0n) is 3.91. The van der Waals surface area contributed by atoms with Crippen LogP contribution in [-0.4, -0.2) is 11.0 Å². The van der Waals surface area contributed by atoms with Crippen LogP contribution in [0, 0.1) is 14.9 Å². The van der Waals surface area contributed by atoms with Crippen molar-refractivity contribution in [2.24, 2.45) is 0 Å². The van der Waals surface area contributed by atoms with E-state index in [1.807, 2.05) is 0 Å². The predicted octanol–water partition coefficient (Wildman–Crippen LogP) is 0.136. The van der Waals surface area contributed by atoms with Crippen LogP contribution in [0.15, 0.2) is 0 Å². The third-order valence-electron chi connectivity index (χ3n) is 0. The summed E-state index contributed by atoms with van der Waals surface area (Å²) in [7, 11) is 0. The van der Waals surface area contributed by atoms with Gasteiger partial charge in [0.05, 0.1) is 0 Å². The van der Waals surface area contributed by atoms with Gasteiger partial charge in [0.2, 0.25) is 0 Å². The number of rotatable bonds is 0. The molecular formula is C2H10ClSiTi. The SMILES string of the molecule is Cl.[CH3-].[CH3-].[SiH3].[Ti+2]. The molecule has 3 heteroatoms. The fourth-order valence-corrected chi connectivity index (χ4v) is 0. The molecule has 0 fully saturated rings. The zero-order chi connectivity index (χ0) is 0. The summed E-state index contributed by atoms with van der Waals surface area (Å²) in [5.74, 6) is 0. The average molecular weight is 146 g/mol. The quantitative estimate of drug-likeness (QED) is 0.336. The van der Waals surface area contributed by atoms with Crippen LogP contribution in [0.1, 0.15) is 0 Å². The van der Waals surface area contributed by atoms with Gasteiger partial charge in [-0.25, -0.2) is 0 Å². The Morgan fingerprint density at radius 1 is 0.800 bits per heavy atom. The van der Waals surface area contributed by atoms with E-state index in [-0.39, 0.29) is 59.9 Å². The first-order valence-corrected chi connectivity index (χ1v) is 0. The topological polar surface area (TPSA) is 0 Å². The second-order valence-electron chi connectivity index (χ2n) is 0. The molecule has 0 N–H and O–H groups in total. The van der Waals surface area contributed by atoms with Crippen molar-refractivity contribution in [3.63, 3.8) is 0 Å². The van der Waals surface area contributed by atoms with Crippen LogP contribution in [0.2, 0.25) is 0 Å². The molecule has 0 aliphatic rings. The molecule has 0 bridgehead atoms. The molecule has 0 amide bonds. The smallest absolute Gasteiger partial charge is 0.358 e. The summed E-state index contributed by atoms with van der Waals surface area (Å²) < 4.78 is 0. The van der Waals surface area contributed by atoms with Gasteiger partial charge in [-0.2, -0.15) is 0 Å². The van der Waals surface area contributed by atoms with Crippen LogP contribution >= 0.6 is 12.4 Å². The van der Waals surface area contributed by atoms with E-state index in [2.05, 4.69) is 0 Å². The molecule has 5 heavy (non-hydrogen) atoms. The first-order valence-electron chi connectivity index (χ1n) is 0. The van der Waals surface area contributed by atoms with Crippen LogP contribution in [0.5, 0.6) is 0 Å². The first-order chi connectivity index (χ1) is 0. The molecule has 0 spiro atoms. The Bertz CT molecular complexity index is 9.61. The standard InChI is InChI=1S/2CH3.ClH.H3Si.Ti/h2*1H3;1H;1H3;/q2*-1;;;+2. The van der Waals surface area contributed by atoms with Crippen LogP contribution in [-0.2, 0) is 21.7 Å². The van der Waals surface area contributed by atoms with Gasteiger partial charge in [-0.3, -0.25) is 0 Å². The molecule has 0 heterocycles. The van der Waals surface area contributed by atoms with E-state index in [1.54, 1.807) is 0 Å². The number of halogens is 1. The molecule has 0 aromatic carbocycles. The minimum atomic E-state index is 0. The normalized spacial score (nSPS) is 0. The maximum atomic E-state index is 0. The van der Waals surface area contributed by atoms with Crippen LogP contribution in [0.4, 0.5) is 0 Å². The van der Waals surface area contributed by atoms with Crippen molar-refractivity contribution in [3.05, 3.63) is 14.9 Å². The van der Waals surface area contributed by atoms with E-state index in [9.17, 15) is 0 Å². The van der Waals surface area contributed by atoms with Crippen molar-refractivity contribution in [2.45, 2.75) is 0 Å². The summed E-state index contributed by atoms with van der Waals surface area (Å²) in [5.41, 5.74) is 0. The minimum absolute atomic E-state index is 0. The molecular weight excluding hydrogens is 135 g/mol. The van der Waals surface area contributed by atoms with Crippen molar-refractivity contribution in [3.8, 4) is 0 Å². The van der Waals surface area contributed by atoms with E-state index < -0.39 is 0 Å². The van der Waals surface area contributed by atoms with Crippen LogP contribution < -0.4 is 0 Å². The molecule has 33 valence electrons. The third kappa shape index (κ3) is 36.3. The Morgan fingerprint density at radius 3 is 0.800 bits per heavy atom. The van der Waals surface area contributed by atoms with Gasteiger partial charge in [0, 0.05) is 0 Å². The van der Waals surface area contributed by atoms with Gasteiger partial charge in [0.1, 0.15) is 0 Å².